The maximum absolute atomic E-state index is 10.4. The molecule has 0 amide bonds. The van der Waals surface area contributed by atoms with Crippen LogP contribution in [0.15, 0.2) is 12.2 Å². The lowest BCUT2D eigenvalue weighted by molar-refractivity contribution is -0.138. The molecule has 0 saturated heterocycles. The molecule has 0 rings (SSSR count). The first kappa shape index (κ1) is 28.4. The van der Waals surface area contributed by atoms with Crippen molar-refractivity contribution in [3.8, 4) is 0 Å². The molecule has 0 aliphatic rings. The van der Waals surface area contributed by atoms with Crippen molar-refractivity contribution in [3.63, 3.8) is 0 Å². The van der Waals surface area contributed by atoms with Gasteiger partial charge in [-0.25, -0.2) is 4.79 Å². The first-order valence-corrected chi connectivity index (χ1v) is 11.6. The Morgan fingerprint density at radius 3 is 1.73 bits per heavy atom. The smallest absolute Gasteiger partial charge is 0.481 e. The number of rotatable bonds is 12. The van der Waals surface area contributed by atoms with Crippen molar-refractivity contribution >= 4 is 71.5 Å². The van der Waals surface area contributed by atoms with Gasteiger partial charge in [0.25, 0.3) is 0 Å². The minimum absolute atomic E-state index is 0.0111. The van der Waals surface area contributed by atoms with Crippen LogP contribution < -0.4 is 0 Å². The summed E-state index contributed by atoms with van der Waals surface area (Å²) in [6.07, 6.45) is -0.417. The van der Waals surface area contributed by atoms with Crippen LogP contribution in [-0.4, -0.2) is 55.5 Å². The molecule has 0 aromatic rings. The number of carboxylic acid groups (broad SMARTS) is 1. The third-order valence-corrected chi connectivity index (χ3v) is 7.94. The molecular weight excluding hydrogens is 437 g/mol. The number of aliphatic carboxylic acids is 1. The molecule has 12 heteroatoms. The highest BCUT2D eigenvalue weighted by Gasteiger charge is 2.42. The van der Waals surface area contributed by atoms with Crippen LogP contribution in [0.2, 0.25) is 6.04 Å². The van der Waals surface area contributed by atoms with Crippen LogP contribution in [-0.2, 0) is 27.1 Å². The number of hydrogen-bond acceptors (Lipinski definition) is 10. The van der Waals surface area contributed by atoms with E-state index in [1.807, 2.05) is 20.8 Å². The minimum atomic E-state index is -2.60. The van der Waals surface area contributed by atoms with E-state index >= 15 is 0 Å². The molecular formula is C14H28O7S4Si. The quantitative estimate of drug-likeness (QED) is 0.0997. The molecule has 0 saturated carbocycles. The van der Waals surface area contributed by atoms with Crippen molar-refractivity contribution in [2.24, 2.45) is 0 Å². The molecule has 1 unspecified atom stereocenters. The average Bonchev–Trinajstić information content (AvgIpc) is 2.54. The summed E-state index contributed by atoms with van der Waals surface area (Å²) in [7, 11) is -2.60. The molecule has 0 bridgehead atoms. The highest BCUT2D eigenvalue weighted by molar-refractivity contribution is 8.00. The zero-order valence-corrected chi connectivity index (χ0v) is 19.7. The van der Waals surface area contributed by atoms with Crippen molar-refractivity contribution in [2.75, 3.05) is 19.8 Å². The maximum Gasteiger partial charge on any atom is 0.502 e. The number of thiol groups is 4. The van der Waals surface area contributed by atoms with E-state index in [1.165, 1.54) is 0 Å². The second-order valence-electron chi connectivity index (χ2n) is 4.72. The van der Waals surface area contributed by atoms with Crippen molar-refractivity contribution in [1.29, 1.82) is 0 Å². The molecule has 0 spiro atoms. The third kappa shape index (κ3) is 13.4. The first-order chi connectivity index (χ1) is 12.1. The highest BCUT2D eigenvalue weighted by Crippen LogP contribution is 2.26. The van der Waals surface area contributed by atoms with E-state index in [2.05, 4.69) is 61.6 Å². The molecule has 7 nitrogen and oxygen atoms in total. The van der Waals surface area contributed by atoms with Crippen LogP contribution in [0.25, 0.3) is 0 Å². The van der Waals surface area contributed by atoms with E-state index in [-0.39, 0.29) is 15.4 Å². The third-order valence-electron chi connectivity index (χ3n) is 2.63. The molecule has 0 heterocycles. The van der Waals surface area contributed by atoms with Crippen LogP contribution in [0.1, 0.15) is 27.2 Å². The first-order valence-electron chi connectivity index (χ1n) is 7.80. The Kier molecular flexibility index (Phi) is 17.6. The summed E-state index contributed by atoms with van der Waals surface area (Å²) in [5.74, 6) is -1.94. The van der Waals surface area contributed by atoms with E-state index in [0.717, 1.165) is 0 Å². The topological polar surface area (TPSA) is 91.3 Å². The van der Waals surface area contributed by atoms with Gasteiger partial charge in [-0.05, 0) is 20.8 Å². The number of carbonyl (C=O) groups excluding carboxylic acids is 1. The van der Waals surface area contributed by atoms with Gasteiger partial charge in [0, 0.05) is 49.6 Å². The molecule has 0 fully saturated rings. The van der Waals surface area contributed by atoms with Gasteiger partial charge >= 0.3 is 20.7 Å². The van der Waals surface area contributed by atoms with Gasteiger partial charge < -0.3 is 22.6 Å². The summed E-state index contributed by atoms with van der Waals surface area (Å²) in [5.41, 5.74) is -0.123. The van der Waals surface area contributed by atoms with E-state index in [0.29, 0.717) is 25.9 Å². The second kappa shape index (κ2) is 16.2. The second-order valence-corrected chi connectivity index (χ2v) is 9.73. The molecule has 26 heavy (non-hydrogen) atoms. The zero-order chi connectivity index (χ0) is 20.8. The number of carbonyl (C=O) groups is 2. The Morgan fingerprint density at radius 1 is 1.04 bits per heavy atom. The molecule has 0 aromatic heterocycles. The van der Waals surface area contributed by atoms with E-state index in [4.69, 9.17) is 18.4 Å². The average molecular weight is 465 g/mol. The standard InChI is InChI=1S/C9H22O3S3Si.C5H6O4S/c1-4-10-16(11-5-2,12-6-3)7-8(13)9(14)15;1-3(2-4(6)7)5(8)9-10/h8-9,13-15H,4-7H2,1-3H3;10H,1-2H2,(H,6,7). The van der Waals surface area contributed by atoms with Gasteiger partial charge in [-0.2, -0.15) is 37.9 Å². The Bertz CT molecular complexity index is 420. The summed E-state index contributed by atoms with van der Waals surface area (Å²) < 4.78 is 20.9. The van der Waals surface area contributed by atoms with Crippen LogP contribution >= 0.6 is 50.8 Å². The predicted octanol–water partition coefficient (Wildman–Crippen LogP) is 2.92. The minimum Gasteiger partial charge on any atom is -0.481 e. The van der Waals surface area contributed by atoms with Gasteiger partial charge in [0.2, 0.25) is 0 Å². The fourth-order valence-corrected chi connectivity index (χ4v) is 5.72. The summed E-state index contributed by atoms with van der Waals surface area (Å²) >= 11 is 16.1. The van der Waals surface area contributed by atoms with Gasteiger partial charge in [0.15, 0.2) is 0 Å². The Morgan fingerprint density at radius 2 is 1.46 bits per heavy atom. The molecule has 1 N–H and O–H groups in total. The Labute approximate surface area is 178 Å². The lowest BCUT2D eigenvalue weighted by Gasteiger charge is -2.31. The zero-order valence-electron chi connectivity index (χ0n) is 15.1. The number of hydrogen-bond donors (Lipinski definition) is 5. The van der Waals surface area contributed by atoms with Gasteiger partial charge in [0.05, 0.1) is 11.0 Å². The van der Waals surface area contributed by atoms with Gasteiger partial charge in [-0.3, -0.25) is 4.79 Å². The van der Waals surface area contributed by atoms with E-state index in [9.17, 15) is 9.59 Å². The van der Waals surface area contributed by atoms with Gasteiger partial charge in [-0.1, -0.05) is 6.58 Å². The summed E-state index contributed by atoms with van der Waals surface area (Å²) in [6, 6.07) is 0.628. The fourth-order valence-electron chi connectivity index (χ4n) is 1.64. The Hall–Kier alpha value is 0.177. The molecule has 0 aromatic carbocycles. The van der Waals surface area contributed by atoms with E-state index < -0.39 is 27.2 Å². The maximum atomic E-state index is 10.4. The van der Waals surface area contributed by atoms with Crippen molar-refractivity contribution in [1.82, 2.24) is 0 Å². The highest BCUT2D eigenvalue weighted by atomic mass is 32.2. The largest absolute Gasteiger partial charge is 0.502 e. The van der Waals surface area contributed by atoms with E-state index in [1.54, 1.807) is 0 Å². The summed E-state index contributed by atoms with van der Waals surface area (Å²) in [6.45, 7) is 10.7. The van der Waals surface area contributed by atoms with Crippen LogP contribution in [0.4, 0.5) is 0 Å². The van der Waals surface area contributed by atoms with Crippen molar-refractivity contribution < 1.29 is 32.2 Å². The van der Waals surface area contributed by atoms with Crippen LogP contribution in [0.5, 0.6) is 0 Å². The van der Waals surface area contributed by atoms with Crippen LogP contribution in [0, 0.1) is 0 Å². The van der Waals surface area contributed by atoms with Gasteiger partial charge in [-0.15, -0.1) is 0 Å². The predicted molar refractivity (Wildman–Crippen MR) is 116 cm³/mol. The fraction of sp³-hybridized carbons (Fsp3) is 0.714. The lowest BCUT2D eigenvalue weighted by Crippen LogP contribution is -2.48. The van der Waals surface area contributed by atoms with Crippen LogP contribution in [0.3, 0.4) is 0 Å². The summed E-state index contributed by atoms with van der Waals surface area (Å²) in [5, 5.41) is 8.12. The Balaban J connectivity index is 0. The number of carboxylic acids is 1. The van der Waals surface area contributed by atoms with Crippen molar-refractivity contribution in [3.05, 3.63) is 12.2 Å². The lowest BCUT2D eigenvalue weighted by atomic mass is 10.2. The normalized spacial score (nSPS) is 12.2. The SMILES string of the molecule is C=C(CC(=O)O)C(=O)OS.CCO[Si](CC(S)C(S)S)(OCC)OCC. The summed E-state index contributed by atoms with van der Waals surface area (Å²) in [4.78, 5) is 20.3. The molecule has 1 atom stereocenters. The van der Waals surface area contributed by atoms with Gasteiger partial charge in [0.1, 0.15) is 0 Å². The molecule has 0 radical (unpaired) electrons. The molecule has 154 valence electrons. The van der Waals surface area contributed by atoms with Crippen molar-refractivity contribution in [2.45, 2.75) is 43.1 Å². The molecule has 0 aliphatic heterocycles. The molecule has 0 aliphatic carbocycles. The monoisotopic (exact) mass is 464 g/mol.